The molecule has 0 bridgehead atoms. The van der Waals surface area contributed by atoms with E-state index in [1.807, 2.05) is 44.2 Å². The van der Waals surface area contributed by atoms with Crippen molar-refractivity contribution in [2.75, 3.05) is 25.7 Å². The summed E-state index contributed by atoms with van der Waals surface area (Å²) in [5.74, 6) is 2.92. The number of carbonyl (C=O) groups is 1. The molecule has 7 nitrogen and oxygen atoms in total. The van der Waals surface area contributed by atoms with E-state index >= 15 is 0 Å². The average molecular weight is 465 g/mol. The summed E-state index contributed by atoms with van der Waals surface area (Å²) in [6.07, 6.45) is 6.56. The van der Waals surface area contributed by atoms with Crippen LogP contribution in [0.3, 0.4) is 0 Å². The van der Waals surface area contributed by atoms with Gasteiger partial charge in [-0.05, 0) is 68.0 Å². The molecule has 0 aliphatic heterocycles. The van der Waals surface area contributed by atoms with Gasteiger partial charge in [0.2, 0.25) is 0 Å². The molecule has 1 amide bonds. The van der Waals surface area contributed by atoms with Crippen LogP contribution in [0.15, 0.2) is 36.5 Å². The lowest BCUT2D eigenvalue weighted by molar-refractivity contribution is 0.199. The number of hydrogen-bond acceptors (Lipinski definition) is 5. The third-order valence-electron chi connectivity index (χ3n) is 6.61. The van der Waals surface area contributed by atoms with Gasteiger partial charge in [0.25, 0.3) is 0 Å². The van der Waals surface area contributed by atoms with Gasteiger partial charge < -0.3 is 19.3 Å². The highest BCUT2D eigenvalue weighted by atomic mass is 16.5. The second kappa shape index (κ2) is 10.2. The minimum absolute atomic E-state index is 0.413. The van der Waals surface area contributed by atoms with Crippen molar-refractivity contribution < 1.29 is 24.1 Å². The number of anilines is 1. The number of fused-ring (bicyclic) bond motifs is 1. The van der Waals surface area contributed by atoms with E-state index in [1.54, 1.807) is 20.4 Å². The van der Waals surface area contributed by atoms with Crippen LogP contribution in [-0.2, 0) is 0 Å². The smallest absolute Gasteiger partial charge is 0.411 e. The number of amides is 1. The Balaban J connectivity index is 1.66. The fourth-order valence-corrected chi connectivity index (χ4v) is 4.74. The molecule has 3 aromatic rings. The van der Waals surface area contributed by atoms with Gasteiger partial charge in [0, 0.05) is 24.2 Å². The molecular formula is C27H32N2O5. The Hall–Kier alpha value is -3.48. The highest BCUT2D eigenvalue weighted by Crippen LogP contribution is 2.39. The zero-order valence-corrected chi connectivity index (χ0v) is 20.3. The number of aromatic nitrogens is 1. The summed E-state index contributed by atoms with van der Waals surface area (Å²) in [4.78, 5) is 18.1. The summed E-state index contributed by atoms with van der Waals surface area (Å²) in [7, 11) is 3.18. The molecule has 2 aromatic carbocycles. The van der Waals surface area contributed by atoms with Crippen molar-refractivity contribution in [1.82, 2.24) is 4.98 Å². The first kappa shape index (κ1) is 23.7. The van der Waals surface area contributed by atoms with Crippen LogP contribution in [0.4, 0.5) is 10.5 Å². The third-order valence-corrected chi connectivity index (χ3v) is 6.61. The van der Waals surface area contributed by atoms with Crippen LogP contribution in [0.1, 0.15) is 43.2 Å². The lowest BCUT2D eigenvalue weighted by Crippen LogP contribution is -2.35. The maximum Gasteiger partial charge on any atom is 0.411 e. The topological polar surface area (TPSA) is 81.1 Å². The normalized spacial score (nSPS) is 14.1. The molecule has 1 saturated carbocycles. The molecule has 180 valence electrons. The molecular weight excluding hydrogens is 432 g/mol. The molecule has 1 aliphatic rings. The molecule has 7 heteroatoms. The molecule has 1 fully saturated rings. The summed E-state index contributed by atoms with van der Waals surface area (Å²) in [5.41, 5.74) is 3.16. The summed E-state index contributed by atoms with van der Waals surface area (Å²) < 4.78 is 17.2. The Kier molecular flexibility index (Phi) is 7.10. The zero-order chi connectivity index (χ0) is 24.2. The van der Waals surface area contributed by atoms with E-state index in [-0.39, 0.29) is 0 Å². The quantitative estimate of drug-likeness (QED) is 0.418. The van der Waals surface area contributed by atoms with Gasteiger partial charge in [0.1, 0.15) is 11.5 Å². The lowest BCUT2D eigenvalue weighted by Gasteiger charge is -2.29. The molecule has 34 heavy (non-hydrogen) atoms. The van der Waals surface area contributed by atoms with Crippen LogP contribution in [0, 0.1) is 19.8 Å². The molecule has 1 aliphatic carbocycles. The highest BCUT2D eigenvalue weighted by Gasteiger charge is 2.24. The highest BCUT2D eigenvalue weighted by molar-refractivity contribution is 5.89. The summed E-state index contributed by atoms with van der Waals surface area (Å²) in [6, 6.07) is 9.30. The van der Waals surface area contributed by atoms with Crippen LogP contribution in [-0.4, -0.2) is 36.9 Å². The van der Waals surface area contributed by atoms with Gasteiger partial charge in [0.15, 0.2) is 11.5 Å². The fourth-order valence-electron chi connectivity index (χ4n) is 4.74. The monoisotopic (exact) mass is 464 g/mol. The van der Waals surface area contributed by atoms with Gasteiger partial charge >= 0.3 is 6.09 Å². The minimum atomic E-state index is -0.914. The maximum absolute atomic E-state index is 12.1. The largest absolute Gasteiger partial charge is 0.493 e. The first-order valence-corrected chi connectivity index (χ1v) is 11.7. The molecule has 0 atom stereocenters. The summed E-state index contributed by atoms with van der Waals surface area (Å²) in [5, 5.41) is 10.8. The predicted octanol–water partition coefficient (Wildman–Crippen LogP) is 6.73. The van der Waals surface area contributed by atoms with Gasteiger partial charge in [-0.15, -0.1) is 0 Å². The van der Waals surface area contributed by atoms with Crippen molar-refractivity contribution in [3.63, 3.8) is 0 Å². The molecule has 0 radical (unpaired) electrons. The molecule has 1 heterocycles. The molecule has 4 rings (SSSR count). The minimum Gasteiger partial charge on any atom is -0.493 e. The van der Waals surface area contributed by atoms with E-state index in [0.29, 0.717) is 41.1 Å². The van der Waals surface area contributed by atoms with Crippen molar-refractivity contribution in [2.45, 2.75) is 46.0 Å². The number of hydrogen-bond donors (Lipinski definition) is 1. The standard InChI is InChI=1S/C27H32N2O5/c1-17-13-24(18(2)12-22(17)29(27(30)31)16-19-8-6-5-7-9-19)34-23-10-11-28-21-15-26(33-4)25(32-3)14-20(21)23/h10-15,19H,5-9,16H2,1-4H3,(H,30,31). The van der Waals surface area contributed by atoms with Gasteiger partial charge in [-0.3, -0.25) is 9.88 Å². The van der Waals surface area contributed by atoms with E-state index in [2.05, 4.69) is 4.98 Å². The molecule has 1 N–H and O–H groups in total. The number of pyridine rings is 1. The predicted molar refractivity (Wildman–Crippen MR) is 133 cm³/mol. The number of carboxylic acid groups (broad SMARTS) is 1. The molecule has 0 saturated heterocycles. The molecule has 0 spiro atoms. The zero-order valence-electron chi connectivity index (χ0n) is 20.3. The van der Waals surface area contributed by atoms with Crippen LogP contribution >= 0.6 is 0 Å². The summed E-state index contributed by atoms with van der Waals surface area (Å²) in [6.45, 7) is 4.40. The van der Waals surface area contributed by atoms with E-state index in [9.17, 15) is 9.90 Å². The van der Waals surface area contributed by atoms with Crippen molar-refractivity contribution in [3.05, 3.63) is 47.7 Å². The maximum atomic E-state index is 12.1. The Bertz CT molecular complexity index is 1190. The SMILES string of the molecule is COc1cc2nccc(Oc3cc(C)c(N(CC4CCCCC4)C(=O)O)cc3C)c2cc1OC. The Morgan fingerprint density at radius 2 is 1.68 bits per heavy atom. The number of benzene rings is 2. The second-order valence-electron chi connectivity index (χ2n) is 8.94. The van der Waals surface area contributed by atoms with Crippen LogP contribution in [0.25, 0.3) is 10.9 Å². The van der Waals surface area contributed by atoms with E-state index in [1.165, 1.54) is 24.2 Å². The van der Waals surface area contributed by atoms with Crippen LogP contribution in [0.5, 0.6) is 23.0 Å². The Labute approximate surface area is 200 Å². The number of nitrogens with zero attached hydrogens (tertiary/aromatic N) is 2. The third kappa shape index (κ3) is 4.88. The van der Waals surface area contributed by atoms with E-state index in [4.69, 9.17) is 14.2 Å². The Morgan fingerprint density at radius 1 is 0.971 bits per heavy atom. The number of rotatable bonds is 7. The van der Waals surface area contributed by atoms with Crippen molar-refractivity contribution in [1.29, 1.82) is 0 Å². The Morgan fingerprint density at radius 3 is 2.35 bits per heavy atom. The average Bonchev–Trinajstić information content (AvgIpc) is 2.84. The molecule has 1 aromatic heterocycles. The van der Waals surface area contributed by atoms with Crippen molar-refractivity contribution >= 4 is 22.7 Å². The van der Waals surface area contributed by atoms with Crippen LogP contribution in [0.2, 0.25) is 0 Å². The first-order chi connectivity index (χ1) is 16.4. The van der Waals surface area contributed by atoms with Gasteiger partial charge in [-0.25, -0.2) is 4.79 Å². The van der Waals surface area contributed by atoms with Crippen molar-refractivity contribution in [2.24, 2.45) is 5.92 Å². The van der Waals surface area contributed by atoms with E-state index in [0.717, 1.165) is 34.9 Å². The van der Waals surface area contributed by atoms with Gasteiger partial charge in [-0.1, -0.05) is 19.3 Å². The van der Waals surface area contributed by atoms with Crippen molar-refractivity contribution in [3.8, 4) is 23.0 Å². The fraction of sp³-hybridized carbons (Fsp3) is 0.407. The van der Waals surface area contributed by atoms with Crippen LogP contribution < -0.4 is 19.1 Å². The van der Waals surface area contributed by atoms with Gasteiger partial charge in [-0.2, -0.15) is 0 Å². The first-order valence-electron chi connectivity index (χ1n) is 11.7. The number of methoxy groups -OCH3 is 2. The molecule has 0 unspecified atom stereocenters. The van der Waals surface area contributed by atoms with E-state index < -0.39 is 6.09 Å². The number of aryl methyl sites for hydroxylation is 2. The van der Waals surface area contributed by atoms with Gasteiger partial charge in [0.05, 0.1) is 25.4 Å². The lowest BCUT2D eigenvalue weighted by atomic mass is 9.89. The second-order valence-corrected chi connectivity index (χ2v) is 8.94. The number of ether oxygens (including phenoxy) is 3. The summed E-state index contributed by atoms with van der Waals surface area (Å²) >= 11 is 0.